The van der Waals surface area contributed by atoms with Gasteiger partial charge in [0.1, 0.15) is 6.10 Å². The van der Waals surface area contributed by atoms with Crippen molar-refractivity contribution in [1.82, 2.24) is 14.9 Å². The van der Waals surface area contributed by atoms with E-state index in [9.17, 15) is 0 Å². The van der Waals surface area contributed by atoms with Crippen LogP contribution in [0.4, 0.5) is 0 Å². The lowest BCUT2D eigenvalue weighted by atomic mass is 10.2. The molecular weight excluding hydrogens is 304 g/mol. The molecule has 1 N–H and O–H groups in total. The number of aromatic nitrogens is 3. The van der Waals surface area contributed by atoms with Crippen LogP contribution < -0.4 is 0 Å². The number of H-pyrrole nitrogens is 1. The molecule has 1 fully saturated rings. The third-order valence-corrected chi connectivity index (χ3v) is 4.34. The first kappa shape index (κ1) is 14.5. The van der Waals surface area contributed by atoms with Gasteiger partial charge >= 0.3 is 0 Å². The van der Waals surface area contributed by atoms with Crippen LogP contribution in [0.5, 0.6) is 0 Å². The number of aromatic amines is 1. The highest BCUT2D eigenvalue weighted by atomic mass is 32.2. The summed E-state index contributed by atoms with van der Waals surface area (Å²) < 4.78 is 7.78. The number of hydrogen-bond acceptors (Lipinski definition) is 5. The molecule has 3 rings (SSSR count). The van der Waals surface area contributed by atoms with E-state index in [2.05, 4.69) is 33.7 Å². The number of benzene rings is 1. The van der Waals surface area contributed by atoms with E-state index < -0.39 is 0 Å². The molecule has 0 spiro atoms. The molecule has 5 nitrogen and oxygen atoms in total. The van der Waals surface area contributed by atoms with Crippen molar-refractivity contribution < 1.29 is 4.74 Å². The summed E-state index contributed by atoms with van der Waals surface area (Å²) in [6.45, 7) is 0.768. The number of rotatable bonds is 4. The normalized spacial score (nSPS) is 18.6. The Hall–Kier alpha value is -1.44. The summed E-state index contributed by atoms with van der Waals surface area (Å²) in [7, 11) is 0. The van der Waals surface area contributed by atoms with Gasteiger partial charge in [0.25, 0.3) is 0 Å². The lowest BCUT2D eigenvalue weighted by Crippen LogP contribution is -2.05. The molecule has 0 unspecified atom stereocenters. The molecule has 1 aliphatic rings. The van der Waals surface area contributed by atoms with Crippen molar-refractivity contribution in [3.63, 3.8) is 0 Å². The van der Waals surface area contributed by atoms with E-state index in [1.54, 1.807) is 22.7 Å². The lowest BCUT2D eigenvalue weighted by Gasteiger charge is -2.07. The molecule has 0 amide bonds. The molecule has 1 aromatic heterocycles. The number of hydrogen-bond donors (Lipinski definition) is 1. The Labute approximate surface area is 132 Å². The molecule has 0 aliphatic carbocycles. The molecule has 1 saturated heterocycles. The molecule has 0 saturated carbocycles. The van der Waals surface area contributed by atoms with Crippen molar-refractivity contribution in [3.8, 4) is 0 Å². The summed E-state index contributed by atoms with van der Waals surface area (Å²) in [5.74, 6) is 0.745. The van der Waals surface area contributed by atoms with Crippen LogP contribution in [0.25, 0.3) is 0 Å². The Morgan fingerprint density at radius 3 is 2.95 bits per heavy atom. The van der Waals surface area contributed by atoms with Crippen molar-refractivity contribution in [2.24, 2.45) is 5.10 Å². The van der Waals surface area contributed by atoms with Gasteiger partial charge in [-0.25, -0.2) is 0 Å². The van der Waals surface area contributed by atoms with Crippen LogP contribution in [0, 0.1) is 4.77 Å². The second-order valence-corrected chi connectivity index (χ2v) is 5.98. The number of thioether (sulfide) groups is 1. The standard InChI is InChI=1S/C14H16N4OS2/c1-21-11-6-4-10(5-7-11)9-15-18-13(16-17-14(18)20)12-3-2-8-19-12/h4-7,9,12H,2-3,8H2,1H3,(H,17,20)/b15-9-/t12-/m1/s1. The minimum atomic E-state index is -0.0195. The molecule has 2 heterocycles. The minimum absolute atomic E-state index is 0.0195. The maximum atomic E-state index is 5.65. The summed E-state index contributed by atoms with van der Waals surface area (Å²) in [6.07, 6.45) is 5.83. The van der Waals surface area contributed by atoms with Gasteiger partial charge in [0, 0.05) is 11.5 Å². The third-order valence-electron chi connectivity index (χ3n) is 3.33. The van der Waals surface area contributed by atoms with E-state index in [-0.39, 0.29) is 6.10 Å². The van der Waals surface area contributed by atoms with E-state index >= 15 is 0 Å². The van der Waals surface area contributed by atoms with E-state index in [0.717, 1.165) is 30.8 Å². The monoisotopic (exact) mass is 320 g/mol. The fraction of sp³-hybridized carbons (Fsp3) is 0.357. The van der Waals surface area contributed by atoms with E-state index in [1.165, 1.54) is 4.90 Å². The number of nitrogens with one attached hydrogen (secondary N) is 1. The molecule has 21 heavy (non-hydrogen) atoms. The van der Waals surface area contributed by atoms with Crippen LogP contribution in [0.2, 0.25) is 0 Å². The largest absolute Gasteiger partial charge is 0.370 e. The third kappa shape index (κ3) is 3.25. The van der Waals surface area contributed by atoms with Crippen molar-refractivity contribution in [1.29, 1.82) is 0 Å². The fourth-order valence-corrected chi connectivity index (χ4v) is 2.81. The zero-order chi connectivity index (χ0) is 14.7. The second kappa shape index (κ2) is 6.55. The summed E-state index contributed by atoms with van der Waals surface area (Å²) >= 11 is 6.95. The smallest absolute Gasteiger partial charge is 0.216 e. The van der Waals surface area contributed by atoms with Crippen LogP contribution in [-0.4, -0.2) is 34.0 Å². The molecule has 2 aromatic rings. The van der Waals surface area contributed by atoms with Gasteiger partial charge in [0.15, 0.2) is 5.82 Å². The highest BCUT2D eigenvalue weighted by molar-refractivity contribution is 7.98. The van der Waals surface area contributed by atoms with Gasteiger partial charge in [-0.2, -0.15) is 14.9 Å². The predicted octanol–water partition coefficient (Wildman–Crippen LogP) is 3.40. The Balaban J connectivity index is 1.84. The molecule has 0 radical (unpaired) electrons. The maximum absolute atomic E-state index is 5.65. The SMILES string of the molecule is CSc1ccc(/C=N\n2c([C@H]3CCCO3)n[nH]c2=S)cc1. The van der Waals surface area contributed by atoms with Gasteiger partial charge in [-0.3, -0.25) is 5.10 Å². The molecule has 1 aliphatic heterocycles. The highest BCUT2D eigenvalue weighted by Crippen LogP contribution is 2.26. The maximum Gasteiger partial charge on any atom is 0.216 e. The first-order chi connectivity index (χ1) is 10.3. The molecule has 1 aromatic carbocycles. The van der Waals surface area contributed by atoms with Gasteiger partial charge in [0.2, 0.25) is 4.77 Å². The second-order valence-electron chi connectivity index (χ2n) is 4.72. The Bertz CT molecular complexity index is 684. The summed E-state index contributed by atoms with van der Waals surface area (Å²) in [5, 5.41) is 11.5. The first-order valence-corrected chi connectivity index (χ1v) is 8.38. The number of nitrogens with zero attached hydrogens (tertiary/aromatic N) is 3. The van der Waals surface area contributed by atoms with Crippen LogP contribution >= 0.6 is 24.0 Å². The Morgan fingerprint density at radius 2 is 2.29 bits per heavy atom. The minimum Gasteiger partial charge on any atom is -0.370 e. The fourth-order valence-electron chi connectivity index (χ4n) is 2.22. The molecule has 0 bridgehead atoms. The van der Waals surface area contributed by atoms with E-state index in [4.69, 9.17) is 17.0 Å². The van der Waals surface area contributed by atoms with Crippen LogP contribution in [-0.2, 0) is 4.74 Å². The first-order valence-electron chi connectivity index (χ1n) is 6.75. The van der Waals surface area contributed by atoms with Crippen LogP contribution in [0.15, 0.2) is 34.3 Å². The van der Waals surface area contributed by atoms with Gasteiger partial charge in [-0.15, -0.1) is 11.8 Å². The van der Waals surface area contributed by atoms with Crippen molar-refractivity contribution in [3.05, 3.63) is 40.4 Å². The number of ether oxygens (including phenoxy) is 1. The highest BCUT2D eigenvalue weighted by Gasteiger charge is 2.23. The van der Waals surface area contributed by atoms with Crippen LogP contribution in [0.1, 0.15) is 30.3 Å². The Kier molecular flexibility index (Phi) is 4.52. The molecular formula is C14H16N4OS2. The van der Waals surface area contributed by atoms with Crippen LogP contribution in [0.3, 0.4) is 0 Å². The summed E-state index contributed by atoms with van der Waals surface area (Å²) in [5.41, 5.74) is 1.02. The summed E-state index contributed by atoms with van der Waals surface area (Å²) in [6, 6.07) is 8.21. The zero-order valence-electron chi connectivity index (χ0n) is 11.7. The summed E-state index contributed by atoms with van der Waals surface area (Å²) in [4.78, 5) is 1.23. The van der Waals surface area contributed by atoms with Crippen molar-refractivity contribution in [2.45, 2.75) is 23.8 Å². The van der Waals surface area contributed by atoms with Crippen molar-refractivity contribution >= 4 is 30.2 Å². The van der Waals surface area contributed by atoms with Gasteiger partial charge in [-0.1, -0.05) is 12.1 Å². The van der Waals surface area contributed by atoms with Gasteiger partial charge < -0.3 is 4.74 Å². The molecule has 1 atom stereocenters. The van der Waals surface area contributed by atoms with Gasteiger partial charge in [-0.05, 0) is 49.0 Å². The van der Waals surface area contributed by atoms with Crippen molar-refractivity contribution in [2.75, 3.05) is 12.9 Å². The van der Waals surface area contributed by atoms with Gasteiger partial charge in [0.05, 0.1) is 6.21 Å². The topological polar surface area (TPSA) is 55.2 Å². The molecule has 7 heteroatoms. The average molecular weight is 320 g/mol. The average Bonchev–Trinajstić information content (AvgIpc) is 3.15. The van der Waals surface area contributed by atoms with E-state index in [1.807, 2.05) is 12.1 Å². The predicted molar refractivity (Wildman–Crippen MR) is 86.6 cm³/mol. The zero-order valence-corrected chi connectivity index (χ0v) is 13.3. The van der Waals surface area contributed by atoms with E-state index in [0.29, 0.717) is 4.77 Å². The molecule has 110 valence electrons. The quantitative estimate of drug-likeness (QED) is 0.533. The lowest BCUT2D eigenvalue weighted by molar-refractivity contribution is 0.102. The Morgan fingerprint density at radius 1 is 1.48 bits per heavy atom.